The molecular formula is C14H26. The third-order valence-corrected chi connectivity index (χ3v) is 5.91. The van der Waals surface area contributed by atoms with Crippen LogP contribution in [0, 0.1) is 28.6 Å². The standard InChI is InChI=1S/C14H26/c1-10-13(2,3)11-8-6-7-9-12(11)14(10,4)5/h10-12H,6-9H2,1-5H3. The number of hydrogen-bond donors (Lipinski definition) is 0. The lowest BCUT2D eigenvalue weighted by Crippen LogP contribution is -2.27. The summed E-state index contributed by atoms with van der Waals surface area (Å²) in [7, 11) is 0. The molecule has 2 aliphatic carbocycles. The van der Waals surface area contributed by atoms with Crippen molar-refractivity contribution < 1.29 is 0 Å². The van der Waals surface area contributed by atoms with Crippen molar-refractivity contribution in [3.05, 3.63) is 0 Å². The lowest BCUT2D eigenvalue weighted by Gasteiger charge is -2.36. The first-order valence-electron chi connectivity index (χ1n) is 6.38. The Bertz CT molecular complexity index is 200. The summed E-state index contributed by atoms with van der Waals surface area (Å²) in [6.07, 6.45) is 5.94. The Hall–Kier alpha value is 0. The molecule has 2 atom stereocenters. The smallest absolute Gasteiger partial charge is 0.0292 e. The highest BCUT2D eigenvalue weighted by Crippen LogP contribution is 2.64. The lowest BCUT2D eigenvalue weighted by molar-refractivity contribution is 0.136. The molecule has 2 fully saturated rings. The van der Waals surface area contributed by atoms with Crippen LogP contribution in [-0.2, 0) is 0 Å². The molecule has 0 aliphatic heterocycles. The monoisotopic (exact) mass is 194 g/mol. The molecule has 0 N–H and O–H groups in total. The summed E-state index contributed by atoms with van der Waals surface area (Å²) in [5.41, 5.74) is 1.16. The Morgan fingerprint density at radius 1 is 0.786 bits per heavy atom. The molecule has 2 saturated carbocycles. The Kier molecular flexibility index (Phi) is 2.25. The van der Waals surface area contributed by atoms with Gasteiger partial charge in [-0.05, 0) is 41.4 Å². The van der Waals surface area contributed by atoms with Crippen molar-refractivity contribution in [2.24, 2.45) is 28.6 Å². The third-order valence-electron chi connectivity index (χ3n) is 5.91. The van der Waals surface area contributed by atoms with E-state index in [1.807, 2.05) is 0 Å². The van der Waals surface area contributed by atoms with Crippen molar-refractivity contribution in [3.63, 3.8) is 0 Å². The molecule has 0 saturated heterocycles. The number of rotatable bonds is 0. The second kappa shape index (κ2) is 3.00. The van der Waals surface area contributed by atoms with Crippen LogP contribution in [0.2, 0.25) is 0 Å². The molecule has 2 aliphatic rings. The van der Waals surface area contributed by atoms with Gasteiger partial charge in [0.2, 0.25) is 0 Å². The van der Waals surface area contributed by atoms with Gasteiger partial charge in [-0.15, -0.1) is 0 Å². The summed E-state index contributed by atoms with van der Waals surface area (Å²) in [6.45, 7) is 12.5. The topological polar surface area (TPSA) is 0 Å². The molecule has 82 valence electrons. The van der Waals surface area contributed by atoms with Gasteiger partial charge in [0.25, 0.3) is 0 Å². The third kappa shape index (κ3) is 1.19. The summed E-state index contributed by atoms with van der Waals surface area (Å²) in [5, 5.41) is 0. The van der Waals surface area contributed by atoms with E-state index in [-0.39, 0.29) is 0 Å². The second-order valence-corrected chi connectivity index (χ2v) is 6.86. The van der Waals surface area contributed by atoms with Crippen molar-refractivity contribution >= 4 is 0 Å². The van der Waals surface area contributed by atoms with E-state index in [4.69, 9.17) is 0 Å². The van der Waals surface area contributed by atoms with E-state index >= 15 is 0 Å². The maximum absolute atomic E-state index is 2.51. The minimum atomic E-state index is 0.578. The number of fused-ring (bicyclic) bond motifs is 1. The quantitative estimate of drug-likeness (QED) is 0.533. The molecule has 0 radical (unpaired) electrons. The molecule has 2 rings (SSSR count). The van der Waals surface area contributed by atoms with E-state index < -0.39 is 0 Å². The van der Waals surface area contributed by atoms with Gasteiger partial charge in [0.1, 0.15) is 0 Å². The molecule has 0 heterocycles. The van der Waals surface area contributed by atoms with Crippen LogP contribution in [0.1, 0.15) is 60.3 Å². The molecule has 0 aromatic rings. The van der Waals surface area contributed by atoms with Crippen LogP contribution in [0.4, 0.5) is 0 Å². The van der Waals surface area contributed by atoms with E-state index in [0.29, 0.717) is 10.8 Å². The molecule has 0 amide bonds. The fourth-order valence-corrected chi connectivity index (χ4v) is 4.51. The van der Waals surface area contributed by atoms with Gasteiger partial charge in [-0.25, -0.2) is 0 Å². The van der Waals surface area contributed by atoms with E-state index in [1.54, 1.807) is 0 Å². The predicted octanol–water partition coefficient (Wildman–Crippen LogP) is 4.49. The molecular weight excluding hydrogens is 168 g/mol. The van der Waals surface area contributed by atoms with Gasteiger partial charge < -0.3 is 0 Å². The van der Waals surface area contributed by atoms with Gasteiger partial charge in [-0.1, -0.05) is 47.5 Å². The zero-order chi connectivity index (χ0) is 10.6. The Morgan fingerprint density at radius 2 is 1.14 bits per heavy atom. The van der Waals surface area contributed by atoms with E-state index in [9.17, 15) is 0 Å². The Morgan fingerprint density at radius 3 is 1.50 bits per heavy atom. The summed E-state index contributed by atoms with van der Waals surface area (Å²) in [4.78, 5) is 0. The highest BCUT2D eigenvalue weighted by Gasteiger charge is 2.57. The molecule has 14 heavy (non-hydrogen) atoms. The van der Waals surface area contributed by atoms with E-state index in [2.05, 4.69) is 34.6 Å². The van der Waals surface area contributed by atoms with Gasteiger partial charge in [0, 0.05) is 0 Å². The Balaban J connectivity index is 2.34. The largest absolute Gasteiger partial charge is 0.0615 e. The summed E-state index contributed by atoms with van der Waals surface area (Å²) < 4.78 is 0. The predicted molar refractivity (Wildman–Crippen MR) is 62.2 cm³/mol. The summed E-state index contributed by atoms with van der Waals surface area (Å²) in [6, 6.07) is 0. The molecule has 0 heteroatoms. The van der Waals surface area contributed by atoms with Crippen LogP contribution in [0.5, 0.6) is 0 Å². The molecule has 0 nitrogen and oxygen atoms in total. The van der Waals surface area contributed by atoms with Gasteiger partial charge >= 0.3 is 0 Å². The van der Waals surface area contributed by atoms with Crippen molar-refractivity contribution in [1.82, 2.24) is 0 Å². The maximum Gasteiger partial charge on any atom is -0.0292 e. The zero-order valence-corrected chi connectivity index (χ0v) is 10.6. The van der Waals surface area contributed by atoms with Gasteiger partial charge in [0.15, 0.2) is 0 Å². The first-order valence-corrected chi connectivity index (χ1v) is 6.38. The highest BCUT2D eigenvalue weighted by molar-refractivity contribution is 5.05. The lowest BCUT2D eigenvalue weighted by atomic mass is 9.69. The average Bonchev–Trinajstić information content (AvgIpc) is 2.28. The van der Waals surface area contributed by atoms with Crippen molar-refractivity contribution in [2.45, 2.75) is 60.3 Å². The van der Waals surface area contributed by atoms with E-state index in [0.717, 1.165) is 17.8 Å². The van der Waals surface area contributed by atoms with Crippen LogP contribution in [0.25, 0.3) is 0 Å². The molecule has 0 bridgehead atoms. The van der Waals surface area contributed by atoms with E-state index in [1.165, 1.54) is 25.7 Å². The maximum atomic E-state index is 2.51. The number of hydrogen-bond acceptors (Lipinski definition) is 0. The van der Waals surface area contributed by atoms with Crippen molar-refractivity contribution in [3.8, 4) is 0 Å². The molecule has 2 unspecified atom stereocenters. The average molecular weight is 194 g/mol. The van der Waals surface area contributed by atoms with Gasteiger partial charge in [0.05, 0.1) is 0 Å². The van der Waals surface area contributed by atoms with Crippen LogP contribution < -0.4 is 0 Å². The zero-order valence-electron chi connectivity index (χ0n) is 10.6. The minimum Gasteiger partial charge on any atom is -0.0615 e. The van der Waals surface area contributed by atoms with Crippen molar-refractivity contribution in [1.29, 1.82) is 0 Å². The Labute approximate surface area is 89.5 Å². The fraction of sp³-hybridized carbons (Fsp3) is 1.00. The summed E-state index contributed by atoms with van der Waals surface area (Å²) in [5.74, 6) is 2.88. The molecule has 0 aromatic heterocycles. The second-order valence-electron chi connectivity index (χ2n) is 6.86. The highest BCUT2D eigenvalue weighted by atomic mass is 14.6. The molecule has 0 spiro atoms. The van der Waals surface area contributed by atoms with Crippen LogP contribution >= 0.6 is 0 Å². The van der Waals surface area contributed by atoms with Crippen molar-refractivity contribution in [2.75, 3.05) is 0 Å². The first-order chi connectivity index (χ1) is 6.38. The van der Waals surface area contributed by atoms with Crippen LogP contribution in [0.3, 0.4) is 0 Å². The summed E-state index contributed by atoms with van der Waals surface area (Å²) >= 11 is 0. The normalized spacial score (nSPS) is 44.8. The van der Waals surface area contributed by atoms with Crippen LogP contribution in [0.15, 0.2) is 0 Å². The van der Waals surface area contributed by atoms with Gasteiger partial charge in [-0.3, -0.25) is 0 Å². The fourth-order valence-electron chi connectivity index (χ4n) is 4.51. The SMILES string of the molecule is CC1C(C)(C)C2CCCCC2C1(C)C. The first kappa shape index (κ1) is 10.5. The molecule has 0 aromatic carbocycles. The van der Waals surface area contributed by atoms with Crippen LogP contribution in [-0.4, -0.2) is 0 Å². The minimum absolute atomic E-state index is 0.578. The van der Waals surface area contributed by atoms with Gasteiger partial charge in [-0.2, -0.15) is 0 Å².